The molecule has 8 heteroatoms. The standard InChI is InChI=1S/C6H6ClNO.C6H6N2O3/c7-4-1-2-6(9)5(8)3-4;7-5-3-4(8(10)11)1-2-6(5)9/h1-3,9H,8H2;1-3,9H,7H2. The van der Waals surface area contributed by atoms with E-state index in [0.717, 1.165) is 6.07 Å². The number of aromatic hydroxyl groups is 2. The molecular formula is C12H12ClN3O4. The average Bonchev–Trinajstić information content (AvgIpc) is 2.38. The molecule has 20 heavy (non-hydrogen) atoms. The summed E-state index contributed by atoms with van der Waals surface area (Å²) in [6, 6.07) is 8.01. The van der Waals surface area contributed by atoms with Gasteiger partial charge in [-0.3, -0.25) is 10.1 Å². The quantitative estimate of drug-likeness (QED) is 0.276. The smallest absolute Gasteiger partial charge is 0.271 e. The van der Waals surface area contributed by atoms with E-state index in [4.69, 9.17) is 33.3 Å². The van der Waals surface area contributed by atoms with E-state index in [1.807, 2.05) is 0 Å². The molecule has 0 amide bonds. The number of nitro benzene ring substituents is 1. The Bertz CT molecular complexity index is 634. The molecule has 106 valence electrons. The fourth-order valence-electron chi connectivity index (χ4n) is 1.18. The lowest BCUT2D eigenvalue weighted by Crippen LogP contribution is -1.90. The Labute approximate surface area is 119 Å². The predicted molar refractivity (Wildman–Crippen MR) is 76.7 cm³/mol. The molecule has 0 heterocycles. The molecule has 0 spiro atoms. The number of halogens is 1. The minimum atomic E-state index is -0.574. The van der Waals surface area contributed by atoms with Crippen LogP contribution >= 0.6 is 11.6 Å². The van der Waals surface area contributed by atoms with Gasteiger partial charge in [-0.25, -0.2) is 0 Å². The zero-order valence-corrected chi connectivity index (χ0v) is 10.9. The third kappa shape index (κ3) is 4.21. The molecule has 2 aromatic rings. The van der Waals surface area contributed by atoms with E-state index in [-0.39, 0.29) is 22.9 Å². The summed E-state index contributed by atoms with van der Waals surface area (Å²) in [6.07, 6.45) is 0. The number of anilines is 2. The number of nitrogen functional groups attached to an aromatic ring is 2. The lowest BCUT2D eigenvalue weighted by atomic mass is 10.2. The molecule has 7 nitrogen and oxygen atoms in total. The Hall–Kier alpha value is -2.67. The molecule has 0 saturated carbocycles. The second kappa shape index (κ2) is 6.48. The third-order valence-corrected chi connectivity index (χ3v) is 2.45. The van der Waals surface area contributed by atoms with Gasteiger partial charge in [-0.2, -0.15) is 0 Å². The maximum absolute atomic E-state index is 10.1. The van der Waals surface area contributed by atoms with Crippen LogP contribution in [0.25, 0.3) is 0 Å². The van der Waals surface area contributed by atoms with Crippen LogP contribution in [0.2, 0.25) is 5.02 Å². The average molecular weight is 298 g/mol. The maximum Gasteiger partial charge on any atom is 0.271 e. The van der Waals surface area contributed by atoms with Crippen LogP contribution in [0, 0.1) is 10.1 Å². The molecular weight excluding hydrogens is 286 g/mol. The number of nitrogens with zero attached hydrogens (tertiary/aromatic N) is 1. The summed E-state index contributed by atoms with van der Waals surface area (Å²) in [5.41, 5.74) is 10.7. The maximum atomic E-state index is 10.1. The molecule has 2 aromatic carbocycles. The summed E-state index contributed by atoms with van der Waals surface area (Å²) in [5, 5.41) is 28.4. The van der Waals surface area contributed by atoms with Gasteiger partial charge in [0, 0.05) is 17.2 Å². The van der Waals surface area contributed by atoms with Gasteiger partial charge < -0.3 is 21.7 Å². The predicted octanol–water partition coefficient (Wildman–Crippen LogP) is 2.51. The van der Waals surface area contributed by atoms with Gasteiger partial charge in [-0.15, -0.1) is 0 Å². The summed E-state index contributed by atoms with van der Waals surface area (Å²) in [6.45, 7) is 0. The summed E-state index contributed by atoms with van der Waals surface area (Å²) in [4.78, 5) is 9.56. The Balaban J connectivity index is 0.000000204. The van der Waals surface area contributed by atoms with Gasteiger partial charge >= 0.3 is 0 Å². The van der Waals surface area contributed by atoms with Crippen molar-refractivity contribution in [3.8, 4) is 11.5 Å². The fraction of sp³-hybridized carbons (Fsp3) is 0. The van der Waals surface area contributed by atoms with Gasteiger partial charge in [0.25, 0.3) is 5.69 Å². The number of nitro groups is 1. The van der Waals surface area contributed by atoms with Crippen molar-refractivity contribution in [1.29, 1.82) is 0 Å². The second-order valence-electron chi connectivity index (χ2n) is 3.70. The first kappa shape index (κ1) is 15.4. The van der Waals surface area contributed by atoms with Crippen molar-refractivity contribution in [1.82, 2.24) is 0 Å². The molecule has 0 fully saturated rings. The summed E-state index contributed by atoms with van der Waals surface area (Å²) in [5.74, 6) is -0.0741. The highest BCUT2D eigenvalue weighted by Gasteiger charge is 2.06. The first-order valence-electron chi connectivity index (χ1n) is 5.28. The number of non-ortho nitro benzene ring substituents is 1. The first-order chi connectivity index (χ1) is 9.31. The van der Waals surface area contributed by atoms with E-state index in [1.54, 1.807) is 6.07 Å². The van der Waals surface area contributed by atoms with E-state index in [2.05, 4.69) is 0 Å². The van der Waals surface area contributed by atoms with Crippen LogP contribution in [0.1, 0.15) is 0 Å². The van der Waals surface area contributed by atoms with Gasteiger partial charge in [-0.1, -0.05) is 11.6 Å². The summed E-state index contributed by atoms with van der Waals surface area (Å²) >= 11 is 5.53. The Morgan fingerprint density at radius 2 is 1.50 bits per heavy atom. The Morgan fingerprint density at radius 3 is 1.90 bits per heavy atom. The van der Waals surface area contributed by atoms with Crippen molar-refractivity contribution in [2.75, 3.05) is 11.5 Å². The number of phenols is 2. The molecule has 2 rings (SSSR count). The minimum Gasteiger partial charge on any atom is -0.506 e. The van der Waals surface area contributed by atoms with Crippen LogP contribution in [0.4, 0.5) is 17.1 Å². The highest BCUT2D eigenvalue weighted by molar-refractivity contribution is 6.30. The fourth-order valence-corrected chi connectivity index (χ4v) is 1.36. The molecule has 0 aliphatic heterocycles. The van der Waals surface area contributed by atoms with Crippen LogP contribution in [-0.2, 0) is 0 Å². The van der Waals surface area contributed by atoms with Gasteiger partial charge in [0.2, 0.25) is 0 Å². The van der Waals surface area contributed by atoms with Crippen molar-refractivity contribution in [2.45, 2.75) is 0 Å². The number of rotatable bonds is 1. The first-order valence-corrected chi connectivity index (χ1v) is 5.66. The Kier molecular flexibility index (Phi) is 4.99. The molecule has 0 atom stereocenters. The number of hydrogen-bond acceptors (Lipinski definition) is 6. The van der Waals surface area contributed by atoms with Crippen LogP contribution in [-0.4, -0.2) is 15.1 Å². The van der Waals surface area contributed by atoms with Gasteiger partial charge in [-0.05, 0) is 24.3 Å². The number of phenolic OH excluding ortho intramolecular Hbond substituents is 2. The second-order valence-corrected chi connectivity index (χ2v) is 4.14. The van der Waals surface area contributed by atoms with E-state index >= 15 is 0 Å². The zero-order chi connectivity index (χ0) is 15.3. The molecule has 0 aromatic heterocycles. The molecule has 0 unspecified atom stereocenters. The lowest BCUT2D eigenvalue weighted by molar-refractivity contribution is -0.384. The number of benzene rings is 2. The molecule has 6 N–H and O–H groups in total. The normalized spacial score (nSPS) is 9.45. The van der Waals surface area contributed by atoms with Gasteiger partial charge in [0.05, 0.1) is 16.3 Å². The van der Waals surface area contributed by atoms with Crippen LogP contribution in [0.15, 0.2) is 36.4 Å². The van der Waals surface area contributed by atoms with Gasteiger partial charge in [0.1, 0.15) is 11.5 Å². The van der Waals surface area contributed by atoms with E-state index in [9.17, 15) is 10.1 Å². The highest BCUT2D eigenvalue weighted by Crippen LogP contribution is 2.24. The van der Waals surface area contributed by atoms with Crippen molar-refractivity contribution >= 4 is 28.7 Å². The highest BCUT2D eigenvalue weighted by atomic mass is 35.5. The van der Waals surface area contributed by atoms with Crippen LogP contribution < -0.4 is 11.5 Å². The zero-order valence-electron chi connectivity index (χ0n) is 10.2. The SMILES string of the molecule is Nc1cc(Cl)ccc1O.Nc1cc([N+](=O)[O-])ccc1O. The van der Waals surface area contributed by atoms with Crippen molar-refractivity contribution in [3.05, 3.63) is 51.5 Å². The molecule has 0 radical (unpaired) electrons. The van der Waals surface area contributed by atoms with Gasteiger partial charge in [0.15, 0.2) is 0 Å². The van der Waals surface area contributed by atoms with Crippen molar-refractivity contribution < 1.29 is 15.1 Å². The van der Waals surface area contributed by atoms with Crippen LogP contribution in [0.5, 0.6) is 11.5 Å². The largest absolute Gasteiger partial charge is 0.506 e. The topological polar surface area (TPSA) is 136 Å². The minimum absolute atomic E-state index is 0.0131. The third-order valence-electron chi connectivity index (χ3n) is 2.21. The monoisotopic (exact) mass is 297 g/mol. The van der Waals surface area contributed by atoms with Crippen LogP contribution in [0.3, 0.4) is 0 Å². The summed E-state index contributed by atoms with van der Waals surface area (Å²) < 4.78 is 0. The van der Waals surface area contributed by atoms with E-state index in [0.29, 0.717) is 10.7 Å². The molecule has 0 aliphatic rings. The van der Waals surface area contributed by atoms with E-state index < -0.39 is 4.92 Å². The van der Waals surface area contributed by atoms with Crippen molar-refractivity contribution in [3.63, 3.8) is 0 Å². The summed E-state index contributed by atoms with van der Waals surface area (Å²) in [7, 11) is 0. The molecule has 0 saturated heterocycles. The molecule has 0 aliphatic carbocycles. The van der Waals surface area contributed by atoms with E-state index in [1.165, 1.54) is 24.3 Å². The molecule has 0 bridgehead atoms. The van der Waals surface area contributed by atoms with Crippen molar-refractivity contribution in [2.24, 2.45) is 0 Å². The lowest BCUT2D eigenvalue weighted by Gasteiger charge is -1.96. The number of nitrogens with two attached hydrogens (primary N) is 2. The Morgan fingerprint density at radius 1 is 1.00 bits per heavy atom. The number of hydrogen-bond donors (Lipinski definition) is 4.